The summed E-state index contributed by atoms with van der Waals surface area (Å²) in [5, 5.41) is 0. The summed E-state index contributed by atoms with van der Waals surface area (Å²) in [5.41, 5.74) is 2.41. The zero-order valence-electron chi connectivity index (χ0n) is 9.16. The normalized spacial score (nSPS) is 10.4. The smallest absolute Gasteiger partial charge is 0.183 e. The second-order valence-electron chi connectivity index (χ2n) is 3.69. The molecule has 0 aliphatic heterocycles. The molecule has 0 fully saturated rings. The maximum absolute atomic E-state index is 5.74. The van der Waals surface area contributed by atoms with Crippen LogP contribution in [0.1, 0.15) is 16.0 Å². The van der Waals surface area contributed by atoms with Crippen molar-refractivity contribution < 1.29 is 4.74 Å². The van der Waals surface area contributed by atoms with Crippen LogP contribution in [0.5, 0.6) is 5.75 Å². The standard InChI is InChI=1S/C12H12ClNOS/c1-8-3-9(2)5-10(4-8)15-7-11-6-14-12(13)16-11/h3-6H,7H2,1-2H3. The van der Waals surface area contributed by atoms with Gasteiger partial charge < -0.3 is 4.74 Å². The number of benzene rings is 1. The maximum atomic E-state index is 5.74. The summed E-state index contributed by atoms with van der Waals surface area (Å²) in [6.45, 7) is 4.64. The molecule has 2 nitrogen and oxygen atoms in total. The van der Waals surface area contributed by atoms with Crippen LogP contribution < -0.4 is 4.74 Å². The Morgan fingerprint density at radius 3 is 2.50 bits per heavy atom. The van der Waals surface area contributed by atoms with Gasteiger partial charge in [0.15, 0.2) is 4.47 Å². The van der Waals surface area contributed by atoms with Crippen LogP contribution >= 0.6 is 22.9 Å². The Morgan fingerprint density at radius 1 is 1.25 bits per heavy atom. The first kappa shape index (κ1) is 11.4. The van der Waals surface area contributed by atoms with E-state index in [0.717, 1.165) is 10.6 Å². The largest absolute Gasteiger partial charge is 0.488 e. The average molecular weight is 254 g/mol. The van der Waals surface area contributed by atoms with Gasteiger partial charge in [0.2, 0.25) is 0 Å². The zero-order valence-corrected chi connectivity index (χ0v) is 10.7. The van der Waals surface area contributed by atoms with Gasteiger partial charge in [0.05, 0.1) is 4.88 Å². The first-order chi connectivity index (χ1) is 7.63. The van der Waals surface area contributed by atoms with Crippen LogP contribution in [0, 0.1) is 13.8 Å². The highest BCUT2D eigenvalue weighted by molar-refractivity contribution is 7.15. The molecule has 1 heterocycles. The Labute approximate surface area is 104 Å². The molecule has 1 aromatic carbocycles. The highest BCUT2D eigenvalue weighted by Gasteiger charge is 2.01. The van der Waals surface area contributed by atoms with E-state index in [2.05, 4.69) is 24.9 Å². The molecule has 2 aromatic rings. The monoisotopic (exact) mass is 253 g/mol. The molecule has 0 N–H and O–H groups in total. The fourth-order valence-electron chi connectivity index (χ4n) is 1.52. The molecule has 0 atom stereocenters. The number of thiazole rings is 1. The second kappa shape index (κ2) is 4.85. The fraction of sp³-hybridized carbons (Fsp3) is 0.250. The van der Waals surface area contributed by atoms with Crippen molar-refractivity contribution in [2.24, 2.45) is 0 Å². The lowest BCUT2D eigenvalue weighted by atomic mass is 10.1. The van der Waals surface area contributed by atoms with Gasteiger partial charge in [0, 0.05) is 6.20 Å². The molecule has 2 rings (SSSR count). The van der Waals surface area contributed by atoms with Crippen LogP contribution in [0.15, 0.2) is 24.4 Å². The third-order valence-corrected chi connectivity index (χ3v) is 3.19. The Morgan fingerprint density at radius 2 is 1.94 bits per heavy atom. The Hall–Kier alpha value is -1.06. The van der Waals surface area contributed by atoms with E-state index in [1.165, 1.54) is 22.5 Å². The minimum atomic E-state index is 0.521. The molecule has 0 spiro atoms. The molecular formula is C12H12ClNOS. The summed E-state index contributed by atoms with van der Waals surface area (Å²) in [4.78, 5) is 5.00. The maximum Gasteiger partial charge on any atom is 0.183 e. The van der Waals surface area contributed by atoms with Crippen LogP contribution in [0.3, 0.4) is 0 Å². The SMILES string of the molecule is Cc1cc(C)cc(OCc2cnc(Cl)s2)c1. The average Bonchev–Trinajstić information content (AvgIpc) is 2.60. The van der Waals surface area contributed by atoms with Crippen molar-refractivity contribution in [2.75, 3.05) is 0 Å². The summed E-state index contributed by atoms with van der Waals surface area (Å²) < 4.78 is 6.23. The van der Waals surface area contributed by atoms with E-state index < -0.39 is 0 Å². The number of halogens is 1. The topological polar surface area (TPSA) is 22.1 Å². The summed E-state index contributed by atoms with van der Waals surface area (Å²) in [6.07, 6.45) is 1.75. The van der Waals surface area contributed by atoms with Gasteiger partial charge in [-0.2, -0.15) is 0 Å². The van der Waals surface area contributed by atoms with Gasteiger partial charge in [-0.1, -0.05) is 17.7 Å². The van der Waals surface area contributed by atoms with E-state index in [1.807, 2.05) is 12.1 Å². The zero-order chi connectivity index (χ0) is 11.5. The predicted octanol–water partition coefficient (Wildman–Crippen LogP) is 3.99. The van der Waals surface area contributed by atoms with Gasteiger partial charge in [0.1, 0.15) is 12.4 Å². The lowest BCUT2D eigenvalue weighted by Gasteiger charge is -2.06. The number of hydrogen-bond donors (Lipinski definition) is 0. The Bertz CT molecular complexity index is 475. The van der Waals surface area contributed by atoms with Crippen molar-refractivity contribution in [1.82, 2.24) is 4.98 Å². The first-order valence-electron chi connectivity index (χ1n) is 4.95. The van der Waals surface area contributed by atoms with E-state index in [-0.39, 0.29) is 0 Å². The predicted molar refractivity (Wildman–Crippen MR) is 67.4 cm³/mol. The van der Waals surface area contributed by atoms with Gasteiger partial charge in [-0.05, 0) is 37.1 Å². The molecule has 0 radical (unpaired) electrons. The van der Waals surface area contributed by atoms with Crippen LogP contribution in [0.2, 0.25) is 4.47 Å². The quantitative estimate of drug-likeness (QED) is 0.825. The molecule has 0 aliphatic carbocycles. The number of aromatic nitrogens is 1. The fourth-order valence-corrected chi connectivity index (χ4v) is 2.41. The van der Waals surface area contributed by atoms with Crippen molar-refractivity contribution in [3.8, 4) is 5.75 Å². The van der Waals surface area contributed by atoms with E-state index in [1.54, 1.807) is 6.20 Å². The molecule has 0 amide bonds. The number of hydrogen-bond acceptors (Lipinski definition) is 3. The van der Waals surface area contributed by atoms with Crippen molar-refractivity contribution in [2.45, 2.75) is 20.5 Å². The first-order valence-corrected chi connectivity index (χ1v) is 6.14. The summed E-state index contributed by atoms with van der Waals surface area (Å²) in [6, 6.07) is 6.17. The number of aryl methyl sites for hydroxylation is 2. The summed E-state index contributed by atoms with van der Waals surface area (Å²) >= 11 is 7.19. The molecular weight excluding hydrogens is 242 g/mol. The van der Waals surface area contributed by atoms with Crippen LogP contribution in [-0.2, 0) is 6.61 Å². The minimum absolute atomic E-state index is 0.521. The highest BCUT2D eigenvalue weighted by atomic mass is 35.5. The van der Waals surface area contributed by atoms with Gasteiger partial charge in [-0.3, -0.25) is 0 Å². The van der Waals surface area contributed by atoms with E-state index in [9.17, 15) is 0 Å². The van der Waals surface area contributed by atoms with E-state index >= 15 is 0 Å². The molecule has 0 saturated heterocycles. The molecule has 1 aromatic heterocycles. The summed E-state index contributed by atoms with van der Waals surface area (Å²) in [7, 11) is 0. The van der Waals surface area contributed by atoms with Crippen molar-refractivity contribution in [1.29, 1.82) is 0 Å². The molecule has 4 heteroatoms. The molecule has 0 unspecified atom stereocenters. The Balaban J connectivity index is 2.04. The highest BCUT2D eigenvalue weighted by Crippen LogP contribution is 2.21. The van der Waals surface area contributed by atoms with Crippen LogP contribution in [0.4, 0.5) is 0 Å². The van der Waals surface area contributed by atoms with Gasteiger partial charge >= 0.3 is 0 Å². The molecule has 0 aliphatic rings. The third kappa shape index (κ3) is 2.97. The minimum Gasteiger partial charge on any atom is -0.488 e. The molecule has 0 saturated carbocycles. The lowest BCUT2D eigenvalue weighted by Crippen LogP contribution is -1.93. The van der Waals surface area contributed by atoms with Gasteiger partial charge in [-0.25, -0.2) is 4.98 Å². The van der Waals surface area contributed by atoms with Crippen molar-refractivity contribution >= 4 is 22.9 Å². The van der Waals surface area contributed by atoms with Crippen molar-refractivity contribution in [3.05, 3.63) is 44.9 Å². The summed E-state index contributed by atoms with van der Waals surface area (Å²) in [5.74, 6) is 0.891. The molecule has 84 valence electrons. The van der Waals surface area contributed by atoms with Crippen LogP contribution in [-0.4, -0.2) is 4.98 Å². The van der Waals surface area contributed by atoms with Crippen molar-refractivity contribution in [3.63, 3.8) is 0 Å². The van der Waals surface area contributed by atoms with Gasteiger partial charge in [-0.15, -0.1) is 11.3 Å². The Kier molecular flexibility index (Phi) is 3.46. The van der Waals surface area contributed by atoms with Gasteiger partial charge in [0.25, 0.3) is 0 Å². The second-order valence-corrected chi connectivity index (χ2v) is 5.39. The third-order valence-electron chi connectivity index (χ3n) is 2.10. The number of nitrogens with zero attached hydrogens (tertiary/aromatic N) is 1. The number of ether oxygens (including phenoxy) is 1. The van der Waals surface area contributed by atoms with Crippen LogP contribution in [0.25, 0.3) is 0 Å². The van der Waals surface area contributed by atoms with E-state index in [0.29, 0.717) is 11.1 Å². The molecule has 16 heavy (non-hydrogen) atoms. The number of rotatable bonds is 3. The van der Waals surface area contributed by atoms with E-state index in [4.69, 9.17) is 16.3 Å². The lowest BCUT2D eigenvalue weighted by molar-refractivity contribution is 0.309. The molecule has 0 bridgehead atoms.